The summed E-state index contributed by atoms with van der Waals surface area (Å²) >= 11 is 0. The summed E-state index contributed by atoms with van der Waals surface area (Å²) in [5, 5.41) is 0. The molecule has 0 aromatic rings. The molecule has 2 heteroatoms. The Labute approximate surface area is 49.3 Å². The Morgan fingerprint density at radius 1 is 1.62 bits per heavy atom. The second-order valence-corrected chi connectivity index (χ2v) is 2.15. The maximum absolute atomic E-state index is 5.38. The fourth-order valence-corrected chi connectivity index (χ4v) is 0.521. The zero-order chi connectivity index (χ0) is 6.15. The zero-order valence-electron chi connectivity index (χ0n) is 5.18. The van der Waals surface area contributed by atoms with Crippen LogP contribution >= 0.6 is 0 Å². The molecule has 0 aromatic heterocycles. The van der Waals surface area contributed by atoms with Gasteiger partial charge in [-0.2, -0.15) is 0 Å². The molecule has 1 aliphatic carbocycles. The van der Waals surface area contributed by atoms with Crippen LogP contribution in [0, 0.1) is 0 Å². The van der Waals surface area contributed by atoms with Crippen LogP contribution in [0.3, 0.4) is 0 Å². The van der Waals surface area contributed by atoms with Crippen LogP contribution < -0.4 is 5.73 Å². The largest absolute Gasteiger partial charge is 0.398 e. The van der Waals surface area contributed by atoms with E-state index in [2.05, 4.69) is 0 Å². The maximum atomic E-state index is 5.38. The molecule has 2 nitrogen and oxygen atoms in total. The number of allylic oxidation sites excluding steroid dienone is 2. The number of hydrogen-bond acceptors (Lipinski definition) is 2. The predicted molar refractivity (Wildman–Crippen MR) is 34.0 cm³/mol. The van der Waals surface area contributed by atoms with Crippen LogP contribution in [-0.2, 0) is 0 Å². The highest BCUT2D eigenvalue weighted by molar-refractivity contribution is 5.54. The quantitative estimate of drug-likeness (QED) is 0.525. The molecule has 0 bridgehead atoms. The summed E-state index contributed by atoms with van der Waals surface area (Å²) in [5.74, 6) is 0. The van der Waals surface area contributed by atoms with Crippen molar-refractivity contribution in [3.05, 3.63) is 23.5 Å². The van der Waals surface area contributed by atoms with E-state index in [0.29, 0.717) is 0 Å². The molecule has 1 aliphatic rings. The van der Waals surface area contributed by atoms with Crippen molar-refractivity contribution in [3.63, 3.8) is 0 Å². The minimum Gasteiger partial charge on any atom is -0.398 e. The van der Waals surface area contributed by atoms with Crippen LogP contribution in [0.4, 0.5) is 0 Å². The monoisotopic (exact) mass is 110 g/mol. The van der Waals surface area contributed by atoms with E-state index < -0.39 is 0 Å². The van der Waals surface area contributed by atoms with Crippen molar-refractivity contribution in [1.82, 2.24) is 4.90 Å². The van der Waals surface area contributed by atoms with Gasteiger partial charge >= 0.3 is 0 Å². The molecule has 8 heavy (non-hydrogen) atoms. The molecule has 1 rings (SSSR count). The molecule has 2 N–H and O–H groups in total. The number of nitrogens with two attached hydrogens (primary N) is 1. The van der Waals surface area contributed by atoms with Crippen molar-refractivity contribution in [1.29, 1.82) is 0 Å². The maximum Gasteiger partial charge on any atom is 0.0410 e. The molecule has 0 heterocycles. The van der Waals surface area contributed by atoms with E-state index in [9.17, 15) is 0 Å². The zero-order valence-corrected chi connectivity index (χ0v) is 5.18. The summed E-state index contributed by atoms with van der Waals surface area (Å²) in [4.78, 5) is 1.98. The standard InChI is InChI=1S/C6H10N2/c1-8(2)4-5-3-6(5)7/h3-4H,7H2,1-2H3. The van der Waals surface area contributed by atoms with Crippen LogP contribution in [-0.4, -0.2) is 19.0 Å². The lowest BCUT2D eigenvalue weighted by atomic mass is 10.5. The molecule has 0 spiro atoms. The summed E-state index contributed by atoms with van der Waals surface area (Å²) in [6.07, 6.45) is 3.94. The summed E-state index contributed by atoms with van der Waals surface area (Å²) in [6, 6.07) is 0. The van der Waals surface area contributed by atoms with Gasteiger partial charge in [0.05, 0.1) is 0 Å². The van der Waals surface area contributed by atoms with Crippen molar-refractivity contribution in [2.45, 2.75) is 0 Å². The van der Waals surface area contributed by atoms with Crippen molar-refractivity contribution < 1.29 is 0 Å². The first kappa shape index (κ1) is 5.22. The van der Waals surface area contributed by atoms with Crippen LogP contribution in [0.5, 0.6) is 0 Å². The lowest BCUT2D eigenvalue weighted by molar-refractivity contribution is 0.562. The lowest BCUT2D eigenvalue weighted by Gasteiger charge is -2.01. The Bertz CT molecular complexity index is 154. The Balaban J connectivity index is 2.40. The van der Waals surface area contributed by atoms with Gasteiger partial charge in [-0.1, -0.05) is 0 Å². The van der Waals surface area contributed by atoms with E-state index in [1.807, 2.05) is 31.3 Å². The van der Waals surface area contributed by atoms with Crippen molar-refractivity contribution in [2.75, 3.05) is 14.1 Å². The fourth-order valence-electron chi connectivity index (χ4n) is 0.521. The molecular formula is C6H10N2. The molecule has 0 atom stereocenters. The topological polar surface area (TPSA) is 29.3 Å². The SMILES string of the molecule is CN(C)C=C1C=C1N. The van der Waals surface area contributed by atoms with Gasteiger partial charge in [0.15, 0.2) is 0 Å². The highest BCUT2D eigenvalue weighted by Crippen LogP contribution is 2.20. The highest BCUT2D eigenvalue weighted by Gasteiger charge is 2.10. The Morgan fingerprint density at radius 3 is 2.25 bits per heavy atom. The second kappa shape index (κ2) is 1.54. The third kappa shape index (κ3) is 1.03. The van der Waals surface area contributed by atoms with Gasteiger partial charge in [0.1, 0.15) is 0 Å². The molecule has 0 unspecified atom stereocenters. The van der Waals surface area contributed by atoms with E-state index in [0.717, 1.165) is 11.3 Å². The van der Waals surface area contributed by atoms with Gasteiger partial charge in [0.2, 0.25) is 0 Å². The third-order valence-corrected chi connectivity index (χ3v) is 0.958. The van der Waals surface area contributed by atoms with Crippen molar-refractivity contribution in [2.24, 2.45) is 5.73 Å². The van der Waals surface area contributed by atoms with Gasteiger partial charge in [-0.15, -0.1) is 0 Å². The lowest BCUT2D eigenvalue weighted by Crippen LogP contribution is -2.00. The summed E-state index contributed by atoms with van der Waals surface area (Å²) in [7, 11) is 3.96. The molecular weight excluding hydrogens is 100 g/mol. The molecule has 0 aromatic carbocycles. The van der Waals surface area contributed by atoms with E-state index in [-0.39, 0.29) is 0 Å². The van der Waals surface area contributed by atoms with E-state index in [4.69, 9.17) is 5.73 Å². The molecule has 0 amide bonds. The first-order valence-electron chi connectivity index (χ1n) is 2.56. The Morgan fingerprint density at radius 2 is 2.12 bits per heavy atom. The summed E-state index contributed by atoms with van der Waals surface area (Å²) in [5.41, 5.74) is 7.46. The average Bonchev–Trinajstić information content (AvgIpc) is 2.17. The molecule has 0 saturated carbocycles. The molecule has 0 aliphatic heterocycles. The Hall–Kier alpha value is -0.920. The van der Waals surface area contributed by atoms with Gasteiger partial charge in [0.25, 0.3) is 0 Å². The van der Waals surface area contributed by atoms with Gasteiger partial charge < -0.3 is 10.6 Å². The fraction of sp³-hybridized carbons (Fsp3) is 0.333. The normalized spacial score (nSPS) is 20.8. The van der Waals surface area contributed by atoms with Gasteiger partial charge in [-0.25, -0.2) is 0 Å². The number of nitrogens with zero attached hydrogens (tertiary/aromatic N) is 1. The second-order valence-electron chi connectivity index (χ2n) is 2.15. The minimum atomic E-state index is 0.915. The summed E-state index contributed by atoms with van der Waals surface area (Å²) in [6.45, 7) is 0. The van der Waals surface area contributed by atoms with Crippen molar-refractivity contribution in [3.8, 4) is 0 Å². The van der Waals surface area contributed by atoms with Gasteiger partial charge in [-0.3, -0.25) is 0 Å². The molecule has 0 fully saturated rings. The molecule has 44 valence electrons. The average molecular weight is 110 g/mol. The number of rotatable bonds is 1. The molecule has 0 saturated heterocycles. The molecule has 0 radical (unpaired) electrons. The van der Waals surface area contributed by atoms with E-state index in [1.54, 1.807) is 0 Å². The highest BCUT2D eigenvalue weighted by atomic mass is 15.0. The summed E-state index contributed by atoms with van der Waals surface area (Å²) < 4.78 is 0. The van der Waals surface area contributed by atoms with E-state index in [1.165, 1.54) is 0 Å². The van der Waals surface area contributed by atoms with Crippen LogP contribution in [0.2, 0.25) is 0 Å². The van der Waals surface area contributed by atoms with Crippen LogP contribution in [0.15, 0.2) is 23.5 Å². The first-order valence-corrected chi connectivity index (χ1v) is 2.56. The van der Waals surface area contributed by atoms with E-state index >= 15 is 0 Å². The smallest absolute Gasteiger partial charge is 0.0410 e. The Kier molecular flexibility index (Phi) is 1.01. The third-order valence-electron chi connectivity index (χ3n) is 0.958. The number of hydrogen-bond donors (Lipinski definition) is 1. The van der Waals surface area contributed by atoms with Crippen LogP contribution in [0.1, 0.15) is 0 Å². The first-order chi connectivity index (χ1) is 3.70. The van der Waals surface area contributed by atoms with Crippen LogP contribution in [0.25, 0.3) is 0 Å². The van der Waals surface area contributed by atoms with Gasteiger partial charge in [-0.05, 0) is 6.08 Å². The minimum absolute atomic E-state index is 0.915. The van der Waals surface area contributed by atoms with Crippen molar-refractivity contribution >= 4 is 0 Å². The predicted octanol–water partition coefficient (Wildman–Crippen LogP) is 0.288. The van der Waals surface area contributed by atoms with Gasteiger partial charge in [0, 0.05) is 31.6 Å².